The first-order valence-corrected chi connectivity index (χ1v) is 13.6. The van der Waals surface area contributed by atoms with Gasteiger partial charge in [-0.2, -0.15) is 13.2 Å². The molecule has 2 aromatic carbocycles. The lowest BCUT2D eigenvalue weighted by Crippen LogP contribution is -2.43. The van der Waals surface area contributed by atoms with Gasteiger partial charge < -0.3 is 39.4 Å². The first-order valence-electron chi connectivity index (χ1n) is 13.6. The first kappa shape index (κ1) is 31.0. The molecule has 0 bridgehead atoms. The minimum atomic E-state index is -4.94. The Morgan fingerprint density at radius 3 is 2.40 bits per heavy atom. The van der Waals surface area contributed by atoms with E-state index in [4.69, 9.17) is 18.9 Å². The quantitative estimate of drug-likeness (QED) is 0.310. The normalized spacial score (nSPS) is 13.8. The van der Waals surface area contributed by atoms with Crippen molar-refractivity contribution < 1.29 is 36.9 Å². The maximum Gasteiger partial charge on any atom is 0.418 e. The molecule has 1 aliphatic heterocycles. The van der Waals surface area contributed by atoms with E-state index in [0.29, 0.717) is 18.0 Å². The summed E-state index contributed by atoms with van der Waals surface area (Å²) in [5.41, 5.74) is -0.749. The number of benzene rings is 2. The summed E-state index contributed by atoms with van der Waals surface area (Å²) in [4.78, 5) is 21.6. The molecular weight excluding hydrogens is 555 g/mol. The van der Waals surface area contributed by atoms with Crippen molar-refractivity contribution in [1.29, 1.82) is 0 Å². The minimum absolute atomic E-state index is 0.0499. The number of methoxy groups -OCH3 is 2. The van der Waals surface area contributed by atoms with Gasteiger partial charge in [0.1, 0.15) is 23.7 Å². The van der Waals surface area contributed by atoms with Crippen LogP contribution in [0.25, 0.3) is 10.9 Å². The standard InChI is InChI=1S/C29H36F3N5O5/c1-6-41-28(38)25-26(29(30,31)32)19-16-24(42-14-13-36(2)3)23(40-5)17-21(19)35-27(25)34-20-8-7-18(15-22(20)39-4)37-11-9-33-10-12-37/h7-8,15-17,33H,6,9-14H2,1-5H3,(H,34,35). The van der Waals surface area contributed by atoms with Crippen LogP contribution in [0.4, 0.5) is 30.4 Å². The predicted molar refractivity (Wildman–Crippen MR) is 155 cm³/mol. The Kier molecular flexibility index (Phi) is 9.84. The van der Waals surface area contributed by atoms with Crippen LogP contribution in [0.15, 0.2) is 30.3 Å². The van der Waals surface area contributed by atoms with Crippen LogP contribution in [0, 0.1) is 0 Å². The number of alkyl halides is 3. The number of fused-ring (bicyclic) bond motifs is 1. The van der Waals surface area contributed by atoms with Gasteiger partial charge in [-0.25, -0.2) is 9.78 Å². The van der Waals surface area contributed by atoms with Crippen LogP contribution < -0.4 is 29.7 Å². The topological polar surface area (TPSA) is 97.4 Å². The number of esters is 1. The molecular formula is C29H36F3N5O5. The SMILES string of the molecule is CCOC(=O)c1c(Nc2ccc(N3CCNCC3)cc2OC)nc2cc(OC)c(OCCN(C)C)cc2c1C(F)(F)F. The summed E-state index contributed by atoms with van der Waals surface area (Å²) in [6.45, 7) is 5.38. The number of hydrogen-bond donors (Lipinski definition) is 2. The summed E-state index contributed by atoms with van der Waals surface area (Å²) < 4.78 is 66.2. The third-order valence-corrected chi connectivity index (χ3v) is 6.75. The molecule has 3 aromatic rings. The minimum Gasteiger partial charge on any atom is -0.494 e. The Hall–Kier alpha value is -3.97. The number of hydrogen-bond acceptors (Lipinski definition) is 10. The zero-order valence-corrected chi connectivity index (χ0v) is 24.4. The van der Waals surface area contributed by atoms with Crippen molar-refractivity contribution in [2.75, 3.05) is 84.5 Å². The van der Waals surface area contributed by atoms with Gasteiger partial charge in [-0.05, 0) is 39.2 Å². The zero-order chi connectivity index (χ0) is 30.4. The summed E-state index contributed by atoms with van der Waals surface area (Å²) >= 11 is 0. The maximum atomic E-state index is 14.8. The third-order valence-electron chi connectivity index (χ3n) is 6.75. The van der Waals surface area contributed by atoms with Crippen LogP contribution in [-0.4, -0.2) is 90.1 Å². The molecule has 42 heavy (non-hydrogen) atoms. The molecule has 1 aromatic heterocycles. The molecule has 0 saturated carbocycles. The number of piperazine rings is 1. The highest BCUT2D eigenvalue weighted by Gasteiger charge is 2.41. The summed E-state index contributed by atoms with van der Waals surface area (Å²) in [5.74, 6) is -0.818. The largest absolute Gasteiger partial charge is 0.494 e. The molecule has 1 aliphatic rings. The molecule has 2 heterocycles. The monoisotopic (exact) mass is 591 g/mol. The second kappa shape index (κ2) is 13.3. The van der Waals surface area contributed by atoms with E-state index in [1.54, 1.807) is 12.1 Å². The van der Waals surface area contributed by atoms with E-state index in [2.05, 4.69) is 20.5 Å². The smallest absolute Gasteiger partial charge is 0.418 e. The van der Waals surface area contributed by atoms with E-state index in [-0.39, 0.29) is 41.4 Å². The molecule has 2 N–H and O–H groups in total. The van der Waals surface area contributed by atoms with Gasteiger partial charge in [-0.3, -0.25) is 0 Å². The lowest BCUT2D eigenvalue weighted by molar-refractivity contribution is -0.136. The number of pyridine rings is 1. The molecule has 0 aliphatic carbocycles. The number of likely N-dealkylation sites (N-methyl/N-ethyl adjacent to an activating group) is 1. The van der Waals surface area contributed by atoms with Crippen molar-refractivity contribution in [3.63, 3.8) is 0 Å². The van der Waals surface area contributed by atoms with E-state index >= 15 is 0 Å². The summed E-state index contributed by atoms with van der Waals surface area (Å²) in [7, 11) is 6.55. The van der Waals surface area contributed by atoms with E-state index in [9.17, 15) is 18.0 Å². The third kappa shape index (κ3) is 6.90. The molecule has 0 spiro atoms. The van der Waals surface area contributed by atoms with Crippen LogP contribution in [0.2, 0.25) is 0 Å². The van der Waals surface area contributed by atoms with Gasteiger partial charge in [-0.1, -0.05) is 0 Å². The number of anilines is 3. The van der Waals surface area contributed by atoms with E-state index in [1.165, 1.54) is 33.3 Å². The number of nitrogens with one attached hydrogen (secondary N) is 2. The number of carbonyl (C=O) groups is 1. The average Bonchev–Trinajstić information content (AvgIpc) is 2.96. The van der Waals surface area contributed by atoms with Gasteiger partial charge in [0.05, 0.1) is 37.6 Å². The Morgan fingerprint density at radius 1 is 1.07 bits per heavy atom. The Bertz CT molecular complexity index is 1410. The summed E-state index contributed by atoms with van der Waals surface area (Å²) in [6.07, 6.45) is -4.94. The van der Waals surface area contributed by atoms with Gasteiger partial charge >= 0.3 is 12.1 Å². The fraction of sp³-hybridized carbons (Fsp3) is 0.448. The molecule has 13 heteroatoms. The molecule has 4 rings (SSSR count). The lowest BCUT2D eigenvalue weighted by atomic mass is 10.0. The van der Waals surface area contributed by atoms with Gasteiger partial charge in [0.2, 0.25) is 0 Å². The summed E-state index contributed by atoms with van der Waals surface area (Å²) in [5, 5.41) is 5.89. The van der Waals surface area contributed by atoms with Crippen LogP contribution in [0.1, 0.15) is 22.8 Å². The highest BCUT2D eigenvalue weighted by Crippen LogP contribution is 2.44. The predicted octanol–water partition coefficient (Wildman–Crippen LogP) is 4.54. The molecule has 1 saturated heterocycles. The van der Waals surface area contributed by atoms with Crippen LogP contribution in [-0.2, 0) is 10.9 Å². The van der Waals surface area contributed by atoms with Crippen molar-refractivity contribution in [1.82, 2.24) is 15.2 Å². The van der Waals surface area contributed by atoms with E-state index in [1.807, 2.05) is 25.1 Å². The van der Waals surface area contributed by atoms with Gasteiger partial charge in [0.25, 0.3) is 0 Å². The zero-order valence-electron chi connectivity index (χ0n) is 24.4. The molecule has 228 valence electrons. The fourth-order valence-electron chi connectivity index (χ4n) is 4.70. The number of ether oxygens (including phenoxy) is 4. The highest BCUT2D eigenvalue weighted by atomic mass is 19.4. The average molecular weight is 592 g/mol. The maximum absolute atomic E-state index is 14.8. The second-order valence-electron chi connectivity index (χ2n) is 9.85. The van der Waals surface area contributed by atoms with Crippen molar-refractivity contribution in [2.24, 2.45) is 0 Å². The Labute approximate surface area is 242 Å². The van der Waals surface area contributed by atoms with E-state index < -0.39 is 23.3 Å². The summed E-state index contributed by atoms with van der Waals surface area (Å²) in [6, 6.07) is 7.89. The first-order chi connectivity index (χ1) is 20.1. The molecule has 0 amide bonds. The highest BCUT2D eigenvalue weighted by molar-refractivity contribution is 6.04. The number of halogens is 3. The Balaban J connectivity index is 1.88. The van der Waals surface area contributed by atoms with Crippen molar-refractivity contribution in [2.45, 2.75) is 13.1 Å². The number of carbonyl (C=O) groups excluding carboxylic acids is 1. The molecule has 0 radical (unpaired) electrons. The van der Waals surface area contributed by atoms with Crippen molar-refractivity contribution in [3.8, 4) is 17.2 Å². The van der Waals surface area contributed by atoms with Crippen molar-refractivity contribution >= 4 is 34.1 Å². The lowest BCUT2D eigenvalue weighted by Gasteiger charge is -2.30. The van der Waals surface area contributed by atoms with Gasteiger partial charge in [-0.15, -0.1) is 0 Å². The molecule has 10 nitrogen and oxygen atoms in total. The van der Waals surface area contributed by atoms with Crippen LogP contribution in [0.3, 0.4) is 0 Å². The number of nitrogens with zero attached hydrogens (tertiary/aromatic N) is 3. The molecule has 0 atom stereocenters. The Morgan fingerprint density at radius 2 is 1.79 bits per heavy atom. The number of aromatic nitrogens is 1. The van der Waals surface area contributed by atoms with E-state index in [0.717, 1.165) is 31.9 Å². The molecule has 0 unspecified atom stereocenters. The van der Waals surface area contributed by atoms with Gasteiger partial charge in [0.15, 0.2) is 11.5 Å². The van der Waals surface area contributed by atoms with Crippen LogP contribution >= 0.6 is 0 Å². The molecule has 1 fully saturated rings. The van der Waals surface area contributed by atoms with Crippen LogP contribution in [0.5, 0.6) is 17.2 Å². The number of rotatable bonds is 11. The fourth-order valence-corrected chi connectivity index (χ4v) is 4.70. The van der Waals surface area contributed by atoms with Gasteiger partial charge in [0, 0.05) is 55.9 Å². The second-order valence-corrected chi connectivity index (χ2v) is 9.85. The van der Waals surface area contributed by atoms with Crippen molar-refractivity contribution in [3.05, 3.63) is 41.5 Å².